The maximum atomic E-state index is 12.9. The molecule has 0 saturated heterocycles. The number of rotatable bonds is 7. The number of nitrogens with zero attached hydrogens (tertiary/aromatic N) is 2. The molecule has 2 aromatic carbocycles. The first-order valence-corrected chi connectivity index (χ1v) is 9.59. The number of nitrogens with one attached hydrogen (secondary N) is 1. The monoisotopic (exact) mass is 410 g/mol. The molecule has 0 aliphatic rings. The van der Waals surface area contributed by atoms with Crippen LogP contribution in [0.5, 0.6) is 0 Å². The second-order valence-corrected chi connectivity index (χ2v) is 7.95. The molecule has 0 unspecified atom stereocenters. The molecule has 7 heteroatoms. The van der Waals surface area contributed by atoms with Crippen molar-refractivity contribution in [2.24, 2.45) is 11.1 Å². The molecular weight excluding hydrogens is 388 g/mol. The van der Waals surface area contributed by atoms with Gasteiger partial charge in [-0.15, -0.1) is 0 Å². The van der Waals surface area contributed by atoms with E-state index in [0.29, 0.717) is 22.8 Å². The maximum Gasteiger partial charge on any atom is 0.255 e. The van der Waals surface area contributed by atoms with E-state index >= 15 is 0 Å². The summed E-state index contributed by atoms with van der Waals surface area (Å²) in [7, 11) is 0. The van der Waals surface area contributed by atoms with Crippen LogP contribution in [0.2, 0.25) is 5.02 Å². The molecule has 150 valence electrons. The van der Waals surface area contributed by atoms with Crippen LogP contribution in [0, 0.1) is 5.41 Å². The molecule has 3 aromatic rings. The van der Waals surface area contributed by atoms with E-state index in [0.717, 1.165) is 11.1 Å². The minimum Gasteiger partial charge on any atom is -0.369 e. The van der Waals surface area contributed by atoms with Gasteiger partial charge in [0.25, 0.3) is 5.91 Å². The maximum absolute atomic E-state index is 12.9. The van der Waals surface area contributed by atoms with Crippen molar-refractivity contribution in [3.8, 4) is 11.3 Å². The van der Waals surface area contributed by atoms with Gasteiger partial charge in [0.05, 0.1) is 17.5 Å². The van der Waals surface area contributed by atoms with Crippen molar-refractivity contribution in [3.63, 3.8) is 0 Å². The van der Waals surface area contributed by atoms with Crippen molar-refractivity contribution in [1.82, 2.24) is 15.1 Å². The Bertz CT molecular complexity index is 1010. The van der Waals surface area contributed by atoms with Crippen molar-refractivity contribution in [1.29, 1.82) is 0 Å². The van der Waals surface area contributed by atoms with E-state index in [1.54, 1.807) is 36.9 Å². The van der Waals surface area contributed by atoms with Crippen LogP contribution in [-0.4, -0.2) is 28.1 Å². The van der Waals surface area contributed by atoms with Crippen molar-refractivity contribution in [3.05, 3.63) is 76.9 Å². The van der Waals surface area contributed by atoms with Gasteiger partial charge in [-0.3, -0.25) is 14.3 Å². The summed E-state index contributed by atoms with van der Waals surface area (Å²) >= 11 is 5.99. The highest BCUT2D eigenvalue weighted by Gasteiger charge is 2.27. The van der Waals surface area contributed by atoms with Gasteiger partial charge in [0, 0.05) is 23.3 Å². The number of amides is 2. The van der Waals surface area contributed by atoms with Crippen LogP contribution in [0.3, 0.4) is 0 Å². The molecule has 6 nitrogen and oxygen atoms in total. The molecule has 2 amide bonds. The van der Waals surface area contributed by atoms with Crippen LogP contribution in [0.4, 0.5) is 0 Å². The number of aromatic nitrogens is 2. The van der Waals surface area contributed by atoms with Gasteiger partial charge in [0.15, 0.2) is 0 Å². The lowest BCUT2D eigenvalue weighted by atomic mass is 9.92. The number of hydrogen-bond acceptors (Lipinski definition) is 3. The summed E-state index contributed by atoms with van der Waals surface area (Å²) in [4.78, 5) is 24.4. The molecule has 1 aromatic heterocycles. The Hall–Kier alpha value is -3.12. The summed E-state index contributed by atoms with van der Waals surface area (Å²) in [6.07, 6.45) is 1.71. The smallest absolute Gasteiger partial charge is 0.255 e. The highest BCUT2D eigenvalue weighted by atomic mass is 35.5. The normalized spacial score (nSPS) is 11.3. The fraction of sp³-hybridized carbons (Fsp3) is 0.227. The standard InChI is InChI=1S/C22H23ClN4O2/c1-22(2,21(24)29)14-25-20(28)18-13-27(12-15-6-4-3-5-7-15)26-19(18)16-8-10-17(23)11-9-16/h3-11,13H,12,14H2,1-2H3,(H2,24,29)(H,25,28). The molecule has 0 radical (unpaired) electrons. The van der Waals surface area contributed by atoms with Gasteiger partial charge in [0.2, 0.25) is 5.91 Å². The molecule has 0 fully saturated rings. The summed E-state index contributed by atoms with van der Waals surface area (Å²) in [6.45, 7) is 4.04. The van der Waals surface area contributed by atoms with Crippen molar-refractivity contribution in [2.45, 2.75) is 20.4 Å². The average Bonchev–Trinajstić information content (AvgIpc) is 3.11. The molecular formula is C22H23ClN4O2. The number of halogens is 1. The Labute approximate surface area is 174 Å². The largest absolute Gasteiger partial charge is 0.369 e. The fourth-order valence-electron chi connectivity index (χ4n) is 2.74. The second-order valence-electron chi connectivity index (χ2n) is 7.51. The molecule has 0 spiro atoms. The van der Waals surface area contributed by atoms with Crippen LogP contribution in [0.15, 0.2) is 60.8 Å². The van der Waals surface area contributed by atoms with E-state index in [1.165, 1.54) is 0 Å². The van der Waals surface area contributed by atoms with Crippen molar-refractivity contribution >= 4 is 23.4 Å². The predicted molar refractivity (Wildman–Crippen MR) is 114 cm³/mol. The van der Waals surface area contributed by atoms with Gasteiger partial charge in [0.1, 0.15) is 5.69 Å². The van der Waals surface area contributed by atoms with E-state index in [9.17, 15) is 9.59 Å². The topological polar surface area (TPSA) is 90.0 Å². The zero-order chi connectivity index (χ0) is 21.0. The summed E-state index contributed by atoms with van der Waals surface area (Å²) in [5.41, 5.74) is 7.37. The molecule has 0 bridgehead atoms. The van der Waals surface area contributed by atoms with E-state index in [1.807, 2.05) is 42.5 Å². The minimum absolute atomic E-state index is 0.130. The van der Waals surface area contributed by atoms with E-state index in [2.05, 4.69) is 10.4 Å². The predicted octanol–water partition coefficient (Wildman–Crippen LogP) is 3.49. The molecule has 0 aliphatic carbocycles. The van der Waals surface area contributed by atoms with Crippen LogP contribution in [0.1, 0.15) is 29.8 Å². The highest BCUT2D eigenvalue weighted by molar-refractivity contribution is 6.30. The third-order valence-electron chi connectivity index (χ3n) is 4.67. The second kappa shape index (κ2) is 8.49. The number of benzene rings is 2. The van der Waals surface area contributed by atoms with Gasteiger partial charge in [-0.25, -0.2) is 0 Å². The Balaban J connectivity index is 1.91. The lowest BCUT2D eigenvalue weighted by Gasteiger charge is -2.20. The van der Waals surface area contributed by atoms with Crippen LogP contribution in [0.25, 0.3) is 11.3 Å². The van der Waals surface area contributed by atoms with Gasteiger partial charge in [-0.2, -0.15) is 5.10 Å². The van der Waals surface area contributed by atoms with Crippen molar-refractivity contribution < 1.29 is 9.59 Å². The van der Waals surface area contributed by atoms with Crippen molar-refractivity contribution in [2.75, 3.05) is 6.54 Å². The van der Waals surface area contributed by atoms with E-state index < -0.39 is 11.3 Å². The third-order valence-corrected chi connectivity index (χ3v) is 4.92. The Morgan fingerprint density at radius 2 is 1.76 bits per heavy atom. The number of carbonyl (C=O) groups excluding carboxylic acids is 2. The van der Waals surface area contributed by atoms with E-state index in [4.69, 9.17) is 17.3 Å². The summed E-state index contributed by atoms with van der Waals surface area (Å²) < 4.78 is 1.73. The Morgan fingerprint density at radius 1 is 1.10 bits per heavy atom. The quantitative estimate of drug-likeness (QED) is 0.624. The van der Waals surface area contributed by atoms with Gasteiger partial charge < -0.3 is 11.1 Å². The van der Waals surface area contributed by atoms with Gasteiger partial charge in [-0.1, -0.05) is 54.1 Å². The van der Waals surface area contributed by atoms with Crippen LogP contribution < -0.4 is 11.1 Å². The number of nitrogens with two attached hydrogens (primary N) is 1. The highest BCUT2D eigenvalue weighted by Crippen LogP contribution is 2.25. The Morgan fingerprint density at radius 3 is 2.38 bits per heavy atom. The summed E-state index contributed by atoms with van der Waals surface area (Å²) in [5.74, 6) is -0.793. The number of hydrogen-bond donors (Lipinski definition) is 2. The number of carbonyl (C=O) groups is 2. The van der Waals surface area contributed by atoms with Gasteiger partial charge >= 0.3 is 0 Å². The summed E-state index contributed by atoms with van der Waals surface area (Å²) in [6, 6.07) is 17.0. The zero-order valence-corrected chi connectivity index (χ0v) is 17.1. The molecule has 3 N–H and O–H groups in total. The molecule has 29 heavy (non-hydrogen) atoms. The Kier molecular flexibility index (Phi) is 6.03. The number of primary amides is 1. The molecule has 0 saturated carbocycles. The van der Waals surface area contributed by atoms with Crippen LogP contribution in [-0.2, 0) is 11.3 Å². The molecule has 3 rings (SSSR count). The molecule has 1 heterocycles. The summed E-state index contributed by atoms with van der Waals surface area (Å²) in [5, 5.41) is 8.03. The lowest BCUT2D eigenvalue weighted by molar-refractivity contribution is -0.125. The van der Waals surface area contributed by atoms with E-state index in [-0.39, 0.29) is 12.5 Å². The fourth-order valence-corrected chi connectivity index (χ4v) is 2.87. The minimum atomic E-state index is -0.851. The first-order valence-electron chi connectivity index (χ1n) is 9.22. The SMILES string of the molecule is CC(C)(CNC(=O)c1cn(Cc2ccccc2)nc1-c1ccc(Cl)cc1)C(N)=O. The molecule has 0 aliphatic heterocycles. The van der Waals surface area contributed by atoms with Crippen LogP contribution >= 0.6 is 11.6 Å². The molecule has 0 atom stereocenters. The first-order chi connectivity index (χ1) is 13.8. The average molecular weight is 411 g/mol. The van der Waals surface area contributed by atoms with Gasteiger partial charge in [-0.05, 0) is 31.5 Å². The first kappa shape index (κ1) is 20.6. The lowest BCUT2D eigenvalue weighted by Crippen LogP contribution is -2.42. The zero-order valence-electron chi connectivity index (χ0n) is 16.4. The third kappa shape index (κ3) is 5.03.